The molecule has 7 nitrogen and oxygen atoms in total. The Morgan fingerprint density at radius 2 is 1.62 bits per heavy atom. The van der Waals surface area contributed by atoms with E-state index in [2.05, 4.69) is 25.6 Å². The van der Waals surface area contributed by atoms with Crippen LogP contribution in [-0.4, -0.2) is 31.4 Å². The van der Waals surface area contributed by atoms with E-state index < -0.39 is 5.91 Å². The lowest BCUT2D eigenvalue weighted by atomic mass is 10.2. The van der Waals surface area contributed by atoms with Crippen LogP contribution in [0.4, 0.5) is 0 Å². The summed E-state index contributed by atoms with van der Waals surface area (Å²) in [5, 5.41) is 8.54. The third-order valence-corrected chi connectivity index (χ3v) is 4.20. The molecule has 1 N–H and O–H groups in total. The van der Waals surface area contributed by atoms with Crippen LogP contribution in [-0.2, 0) is 0 Å². The van der Waals surface area contributed by atoms with E-state index in [1.165, 1.54) is 0 Å². The van der Waals surface area contributed by atoms with Crippen LogP contribution in [0.3, 0.4) is 0 Å². The Hall–Kier alpha value is -4.13. The fraction of sp³-hybridized carbons (Fsp3) is 0.0455. The number of carbonyl (C=O) groups is 1. The minimum absolute atomic E-state index is 0.0327. The summed E-state index contributed by atoms with van der Waals surface area (Å²) in [7, 11) is 0. The van der Waals surface area contributed by atoms with Crippen LogP contribution < -0.4 is 5.43 Å². The highest BCUT2D eigenvalue weighted by Gasteiger charge is 2.18. The molecule has 2 aromatic carbocycles. The van der Waals surface area contributed by atoms with Crippen LogP contribution in [0.2, 0.25) is 0 Å². The van der Waals surface area contributed by atoms with Crippen LogP contribution in [0.15, 0.2) is 90.2 Å². The van der Waals surface area contributed by atoms with Crippen molar-refractivity contribution in [3.05, 3.63) is 96.6 Å². The summed E-state index contributed by atoms with van der Waals surface area (Å²) in [5.41, 5.74) is 5.45. The number of benzene rings is 2. The zero-order valence-corrected chi connectivity index (χ0v) is 15.7. The molecule has 0 aliphatic heterocycles. The summed E-state index contributed by atoms with van der Waals surface area (Å²) in [6.45, 7) is 1.77. The van der Waals surface area contributed by atoms with Gasteiger partial charge in [0.25, 0.3) is 0 Å². The number of pyridine rings is 1. The van der Waals surface area contributed by atoms with Gasteiger partial charge in [-0.05, 0) is 31.2 Å². The Bertz CT molecular complexity index is 1080. The Labute approximate surface area is 167 Å². The van der Waals surface area contributed by atoms with Gasteiger partial charge in [0.15, 0.2) is 5.82 Å². The van der Waals surface area contributed by atoms with Crippen molar-refractivity contribution in [1.29, 1.82) is 0 Å². The molecule has 4 rings (SSSR count). The number of para-hydroxylation sites is 1. The van der Waals surface area contributed by atoms with Crippen molar-refractivity contribution >= 4 is 11.6 Å². The highest BCUT2D eigenvalue weighted by Crippen LogP contribution is 2.20. The lowest BCUT2D eigenvalue weighted by Gasteiger charge is -2.05. The SMILES string of the molecule is C/C(=N\NC(=O)c1nc(-c2ccccc2)n(-c2ccccc2)n1)c1ccccn1. The van der Waals surface area contributed by atoms with E-state index in [4.69, 9.17) is 0 Å². The maximum atomic E-state index is 12.6. The van der Waals surface area contributed by atoms with Crippen LogP contribution in [0.25, 0.3) is 17.1 Å². The van der Waals surface area contributed by atoms with Gasteiger partial charge in [0.1, 0.15) is 0 Å². The fourth-order valence-electron chi connectivity index (χ4n) is 2.75. The Morgan fingerprint density at radius 1 is 0.931 bits per heavy atom. The van der Waals surface area contributed by atoms with Crippen molar-refractivity contribution in [3.63, 3.8) is 0 Å². The molecule has 0 fully saturated rings. The Kier molecular flexibility index (Phi) is 5.20. The van der Waals surface area contributed by atoms with Gasteiger partial charge in [0, 0.05) is 11.8 Å². The second-order valence-electron chi connectivity index (χ2n) is 6.23. The van der Waals surface area contributed by atoms with Gasteiger partial charge in [-0.15, -0.1) is 5.10 Å². The summed E-state index contributed by atoms with van der Waals surface area (Å²) in [4.78, 5) is 21.3. The van der Waals surface area contributed by atoms with E-state index in [9.17, 15) is 4.79 Å². The number of nitrogens with zero attached hydrogens (tertiary/aromatic N) is 5. The van der Waals surface area contributed by atoms with E-state index in [0.717, 1.165) is 11.3 Å². The molecule has 0 aliphatic rings. The number of hydrazone groups is 1. The quantitative estimate of drug-likeness (QED) is 0.423. The van der Waals surface area contributed by atoms with Crippen molar-refractivity contribution in [2.45, 2.75) is 6.92 Å². The van der Waals surface area contributed by atoms with Crippen LogP contribution >= 0.6 is 0 Å². The van der Waals surface area contributed by atoms with Crippen molar-refractivity contribution < 1.29 is 4.79 Å². The Morgan fingerprint density at radius 3 is 2.31 bits per heavy atom. The first-order chi connectivity index (χ1) is 14.2. The summed E-state index contributed by atoms with van der Waals surface area (Å²) < 4.78 is 1.65. The number of hydrogen-bond donors (Lipinski definition) is 1. The van der Waals surface area contributed by atoms with Gasteiger partial charge in [-0.1, -0.05) is 54.6 Å². The number of carbonyl (C=O) groups excluding carboxylic acids is 1. The largest absolute Gasteiger partial charge is 0.311 e. The molecule has 7 heteroatoms. The van der Waals surface area contributed by atoms with Crippen LogP contribution in [0, 0.1) is 0 Å². The predicted molar refractivity (Wildman–Crippen MR) is 111 cm³/mol. The van der Waals surface area contributed by atoms with Crippen LogP contribution in [0.5, 0.6) is 0 Å². The van der Waals surface area contributed by atoms with E-state index in [0.29, 0.717) is 17.2 Å². The molecule has 142 valence electrons. The summed E-state index contributed by atoms with van der Waals surface area (Å²) in [6.07, 6.45) is 1.67. The Balaban J connectivity index is 1.66. The molecular weight excluding hydrogens is 364 g/mol. The van der Waals surface area contributed by atoms with Gasteiger partial charge in [-0.2, -0.15) is 5.10 Å². The lowest BCUT2D eigenvalue weighted by Crippen LogP contribution is -2.21. The molecule has 0 radical (unpaired) electrons. The van der Waals surface area contributed by atoms with Crippen molar-refractivity contribution in [2.75, 3.05) is 0 Å². The van der Waals surface area contributed by atoms with E-state index in [-0.39, 0.29) is 5.82 Å². The monoisotopic (exact) mass is 382 g/mol. The molecule has 0 aliphatic carbocycles. The molecule has 0 bridgehead atoms. The minimum atomic E-state index is -0.493. The zero-order valence-electron chi connectivity index (χ0n) is 15.7. The summed E-state index contributed by atoms with van der Waals surface area (Å²) in [5.74, 6) is 0.116. The topological polar surface area (TPSA) is 85.1 Å². The first-order valence-corrected chi connectivity index (χ1v) is 9.06. The molecule has 1 amide bonds. The third-order valence-electron chi connectivity index (χ3n) is 4.20. The first kappa shape index (κ1) is 18.2. The highest BCUT2D eigenvalue weighted by atomic mass is 16.2. The summed E-state index contributed by atoms with van der Waals surface area (Å²) >= 11 is 0. The van der Waals surface area contributed by atoms with Gasteiger partial charge in [0.2, 0.25) is 5.82 Å². The zero-order chi connectivity index (χ0) is 20.1. The number of rotatable bonds is 5. The van der Waals surface area contributed by atoms with E-state index in [1.54, 1.807) is 17.8 Å². The highest BCUT2D eigenvalue weighted by molar-refractivity contribution is 5.98. The van der Waals surface area contributed by atoms with Crippen molar-refractivity contribution in [1.82, 2.24) is 25.2 Å². The van der Waals surface area contributed by atoms with Gasteiger partial charge in [0.05, 0.1) is 17.1 Å². The molecular formula is C22H18N6O. The maximum absolute atomic E-state index is 12.6. The molecule has 0 saturated carbocycles. The molecule has 0 unspecified atom stereocenters. The molecule has 4 aromatic rings. The van der Waals surface area contributed by atoms with Crippen molar-refractivity contribution in [2.24, 2.45) is 5.10 Å². The minimum Gasteiger partial charge on any atom is -0.264 e. The van der Waals surface area contributed by atoms with Gasteiger partial charge in [-0.3, -0.25) is 9.78 Å². The molecule has 2 aromatic heterocycles. The average Bonchev–Trinajstić information content (AvgIpc) is 3.25. The van der Waals surface area contributed by atoms with Gasteiger partial charge < -0.3 is 0 Å². The smallest absolute Gasteiger partial charge is 0.264 e. The van der Waals surface area contributed by atoms with Crippen LogP contribution in [0.1, 0.15) is 23.2 Å². The molecule has 0 atom stereocenters. The lowest BCUT2D eigenvalue weighted by molar-refractivity contribution is 0.0944. The van der Waals surface area contributed by atoms with Crippen molar-refractivity contribution in [3.8, 4) is 17.1 Å². The predicted octanol–water partition coefficient (Wildman–Crippen LogP) is 3.48. The number of nitrogens with one attached hydrogen (secondary N) is 1. The fourth-order valence-corrected chi connectivity index (χ4v) is 2.75. The van der Waals surface area contributed by atoms with Gasteiger partial charge in [-0.25, -0.2) is 15.1 Å². The first-order valence-electron chi connectivity index (χ1n) is 9.06. The summed E-state index contributed by atoms with van der Waals surface area (Å²) in [6, 6.07) is 24.7. The molecule has 29 heavy (non-hydrogen) atoms. The third kappa shape index (κ3) is 4.08. The molecule has 2 heterocycles. The maximum Gasteiger partial charge on any atom is 0.311 e. The van der Waals surface area contributed by atoms with E-state index in [1.807, 2.05) is 78.9 Å². The standard InChI is InChI=1S/C22H18N6O/c1-16(19-14-8-9-15-23-19)25-26-22(29)20-24-21(17-10-4-2-5-11-17)28(27-20)18-12-6-3-7-13-18/h2-15H,1H3,(H,26,29)/b25-16+. The molecule has 0 saturated heterocycles. The van der Waals surface area contributed by atoms with Gasteiger partial charge >= 0.3 is 5.91 Å². The average molecular weight is 382 g/mol. The number of hydrogen-bond acceptors (Lipinski definition) is 5. The second-order valence-corrected chi connectivity index (χ2v) is 6.23. The normalized spacial score (nSPS) is 11.3. The van der Waals surface area contributed by atoms with E-state index >= 15 is 0 Å². The number of aromatic nitrogens is 4. The molecule has 0 spiro atoms. The second kappa shape index (κ2) is 8.26. The number of amides is 1.